The number of nitrogens with two attached hydrogens (primary N) is 1. The molecule has 0 unspecified atom stereocenters. The first-order chi connectivity index (χ1) is 12.9. The monoisotopic (exact) mass is 366 g/mol. The molecular formula is C21H22N2O4. The number of aryl methyl sites for hydroxylation is 3. The number of amides is 1. The standard InChI is InChI=1S/C21H22N2O4/c1-12-4-5-18(26-7-6-22)16(8-12)21(25)23-17-11-15-13(2)10-20(24)27-19(15)9-14(17)3/h4-5,8-11H,6-7,22H2,1-3H3,(H,23,25). The van der Waals surface area contributed by atoms with Crippen molar-refractivity contribution in [2.45, 2.75) is 20.8 Å². The van der Waals surface area contributed by atoms with Gasteiger partial charge in [0.05, 0.1) is 5.56 Å². The van der Waals surface area contributed by atoms with E-state index < -0.39 is 5.63 Å². The topological polar surface area (TPSA) is 94.6 Å². The van der Waals surface area contributed by atoms with Gasteiger partial charge in [-0.05, 0) is 56.2 Å². The van der Waals surface area contributed by atoms with E-state index in [1.807, 2.05) is 32.9 Å². The van der Waals surface area contributed by atoms with Crippen LogP contribution in [0, 0.1) is 20.8 Å². The molecule has 0 radical (unpaired) electrons. The summed E-state index contributed by atoms with van der Waals surface area (Å²) in [5.74, 6) is 0.215. The van der Waals surface area contributed by atoms with Gasteiger partial charge in [-0.15, -0.1) is 0 Å². The van der Waals surface area contributed by atoms with Crippen LogP contribution in [0.5, 0.6) is 5.75 Å². The summed E-state index contributed by atoms with van der Waals surface area (Å²) in [6.07, 6.45) is 0. The minimum Gasteiger partial charge on any atom is -0.491 e. The van der Waals surface area contributed by atoms with Gasteiger partial charge in [0.1, 0.15) is 17.9 Å². The van der Waals surface area contributed by atoms with Crippen molar-refractivity contribution in [1.29, 1.82) is 0 Å². The van der Waals surface area contributed by atoms with Gasteiger partial charge in [0, 0.05) is 23.7 Å². The number of fused-ring (bicyclic) bond motifs is 1. The van der Waals surface area contributed by atoms with Crippen LogP contribution in [0.25, 0.3) is 11.0 Å². The summed E-state index contributed by atoms with van der Waals surface area (Å²) >= 11 is 0. The number of carbonyl (C=O) groups is 1. The van der Waals surface area contributed by atoms with Crippen molar-refractivity contribution >= 4 is 22.6 Å². The number of nitrogens with one attached hydrogen (secondary N) is 1. The first-order valence-corrected chi connectivity index (χ1v) is 8.69. The molecule has 0 saturated carbocycles. The third kappa shape index (κ3) is 4.01. The fourth-order valence-electron chi connectivity index (χ4n) is 2.91. The highest BCUT2D eigenvalue weighted by Gasteiger charge is 2.15. The van der Waals surface area contributed by atoms with Crippen molar-refractivity contribution in [1.82, 2.24) is 0 Å². The second kappa shape index (κ2) is 7.63. The van der Waals surface area contributed by atoms with Crippen LogP contribution in [0.15, 0.2) is 45.6 Å². The Kier molecular flexibility index (Phi) is 5.28. The molecule has 1 heterocycles. The molecule has 0 aliphatic heterocycles. The van der Waals surface area contributed by atoms with Gasteiger partial charge in [-0.25, -0.2) is 4.79 Å². The van der Waals surface area contributed by atoms with Crippen molar-refractivity contribution in [3.63, 3.8) is 0 Å². The molecule has 2 aromatic carbocycles. The number of hydrogen-bond acceptors (Lipinski definition) is 5. The molecule has 1 aromatic heterocycles. The van der Waals surface area contributed by atoms with Gasteiger partial charge in [-0.1, -0.05) is 11.6 Å². The highest BCUT2D eigenvalue weighted by molar-refractivity contribution is 6.07. The van der Waals surface area contributed by atoms with Gasteiger partial charge < -0.3 is 20.2 Å². The number of ether oxygens (including phenoxy) is 1. The summed E-state index contributed by atoms with van der Waals surface area (Å²) in [5.41, 5.74) is 9.23. The molecule has 0 aliphatic carbocycles. The second-order valence-corrected chi connectivity index (χ2v) is 6.50. The van der Waals surface area contributed by atoms with Crippen molar-refractivity contribution in [3.05, 3.63) is 69.1 Å². The number of hydrogen-bond donors (Lipinski definition) is 2. The van der Waals surface area contributed by atoms with E-state index in [4.69, 9.17) is 14.9 Å². The summed E-state index contributed by atoms with van der Waals surface area (Å²) in [6, 6.07) is 10.4. The molecule has 140 valence electrons. The predicted octanol–water partition coefficient (Wildman–Crippen LogP) is 3.31. The van der Waals surface area contributed by atoms with Crippen molar-refractivity contribution in [2.24, 2.45) is 5.73 Å². The highest BCUT2D eigenvalue weighted by atomic mass is 16.5. The second-order valence-electron chi connectivity index (χ2n) is 6.50. The molecule has 3 aromatic rings. The zero-order valence-corrected chi connectivity index (χ0v) is 15.6. The lowest BCUT2D eigenvalue weighted by Crippen LogP contribution is -2.17. The maximum absolute atomic E-state index is 12.9. The van der Waals surface area contributed by atoms with Gasteiger partial charge in [0.25, 0.3) is 5.91 Å². The summed E-state index contributed by atoms with van der Waals surface area (Å²) in [7, 11) is 0. The lowest BCUT2D eigenvalue weighted by atomic mass is 10.1. The Morgan fingerprint density at radius 2 is 1.89 bits per heavy atom. The molecule has 0 saturated heterocycles. The highest BCUT2D eigenvalue weighted by Crippen LogP contribution is 2.27. The van der Waals surface area contributed by atoms with E-state index in [2.05, 4.69) is 5.32 Å². The van der Waals surface area contributed by atoms with Crippen LogP contribution in [0.2, 0.25) is 0 Å². The van der Waals surface area contributed by atoms with Crippen molar-refractivity contribution < 1.29 is 13.9 Å². The molecule has 0 spiro atoms. The first kappa shape index (κ1) is 18.7. The summed E-state index contributed by atoms with van der Waals surface area (Å²) in [4.78, 5) is 24.4. The smallest absolute Gasteiger partial charge is 0.336 e. The van der Waals surface area contributed by atoms with E-state index in [-0.39, 0.29) is 5.91 Å². The number of anilines is 1. The van der Waals surface area contributed by atoms with Crippen LogP contribution < -0.4 is 21.4 Å². The molecule has 3 N–H and O–H groups in total. The Morgan fingerprint density at radius 3 is 2.63 bits per heavy atom. The Balaban J connectivity index is 1.98. The fourth-order valence-corrected chi connectivity index (χ4v) is 2.91. The number of carbonyl (C=O) groups excluding carboxylic acids is 1. The Morgan fingerprint density at radius 1 is 1.11 bits per heavy atom. The largest absolute Gasteiger partial charge is 0.491 e. The normalized spacial score (nSPS) is 10.8. The molecule has 0 bridgehead atoms. The SMILES string of the molecule is Cc1ccc(OCCN)c(C(=O)Nc2cc3c(C)cc(=O)oc3cc2C)c1. The maximum Gasteiger partial charge on any atom is 0.336 e. The van der Waals surface area contributed by atoms with Gasteiger partial charge in [-0.3, -0.25) is 4.79 Å². The maximum atomic E-state index is 12.9. The lowest BCUT2D eigenvalue weighted by Gasteiger charge is -2.14. The molecule has 6 heteroatoms. The zero-order valence-electron chi connectivity index (χ0n) is 15.6. The van der Waals surface area contributed by atoms with Crippen molar-refractivity contribution in [2.75, 3.05) is 18.5 Å². The van der Waals surface area contributed by atoms with E-state index in [1.165, 1.54) is 6.07 Å². The van der Waals surface area contributed by atoms with Gasteiger partial charge in [0.15, 0.2) is 0 Å². The van der Waals surface area contributed by atoms with Gasteiger partial charge in [-0.2, -0.15) is 0 Å². The molecule has 6 nitrogen and oxygen atoms in total. The summed E-state index contributed by atoms with van der Waals surface area (Å²) < 4.78 is 10.8. The Hall–Kier alpha value is -3.12. The van der Waals surface area contributed by atoms with E-state index in [0.29, 0.717) is 35.7 Å². The number of rotatable bonds is 5. The van der Waals surface area contributed by atoms with Crippen molar-refractivity contribution in [3.8, 4) is 5.75 Å². The molecular weight excluding hydrogens is 344 g/mol. The predicted molar refractivity (Wildman–Crippen MR) is 106 cm³/mol. The average Bonchev–Trinajstić information content (AvgIpc) is 2.61. The van der Waals surface area contributed by atoms with E-state index in [1.54, 1.807) is 18.2 Å². The first-order valence-electron chi connectivity index (χ1n) is 8.69. The van der Waals surface area contributed by atoms with Crippen LogP contribution in [-0.4, -0.2) is 19.1 Å². The van der Waals surface area contributed by atoms with Gasteiger partial charge in [0.2, 0.25) is 0 Å². The summed E-state index contributed by atoms with van der Waals surface area (Å²) in [5, 5.41) is 3.71. The Bertz CT molecular complexity index is 1070. The van der Waals surface area contributed by atoms with Crippen LogP contribution in [-0.2, 0) is 0 Å². The van der Waals surface area contributed by atoms with Crippen LogP contribution in [0.1, 0.15) is 27.0 Å². The summed E-state index contributed by atoms with van der Waals surface area (Å²) in [6.45, 7) is 6.29. The molecule has 0 aliphatic rings. The Labute approximate surface area is 156 Å². The van der Waals surface area contributed by atoms with E-state index in [0.717, 1.165) is 22.1 Å². The molecule has 27 heavy (non-hydrogen) atoms. The van der Waals surface area contributed by atoms with E-state index in [9.17, 15) is 9.59 Å². The molecule has 0 fully saturated rings. The van der Waals surface area contributed by atoms with Crippen LogP contribution in [0.3, 0.4) is 0 Å². The quantitative estimate of drug-likeness (QED) is 0.676. The van der Waals surface area contributed by atoms with E-state index >= 15 is 0 Å². The van der Waals surface area contributed by atoms with Gasteiger partial charge >= 0.3 is 5.63 Å². The average molecular weight is 366 g/mol. The minimum absolute atomic E-state index is 0.275. The minimum atomic E-state index is -0.391. The zero-order chi connectivity index (χ0) is 19.6. The number of benzene rings is 2. The third-order valence-corrected chi connectivity index (χ3v) is 4.30. The molecule has 1 amide bonds. The fraction of sp³-hybridized carbons (Fsp3) is 0.238. The molecule has 0 atom stereocenters. The molecule has 3 rings (SSSR count). The lowest BCUT2D eigenvalue weighted by molar-refractivity contribution is 0.102. The van der Waals surface area contributed by atoms with Crippen LogP contribution in [0.4, 0.5) is 5.69 Å². The van der Waals surface area contributed by atoms with Crippen LogP contribution >= 0.6 is 0 Å². The third-order valence-electron chi connectivity index (χ3n) is 4.30.